The van der Waals surface area contributed by atoms with E-state index in [-0.39, 0.29) is 18.0 Å². The molecule has 3 heterocycles. The standard InChI is InChI=1S/C30H37N3O2/c1-21-16-31(18-23-10-5-3-6-11-23)17-22(2)33(21)30(34)26-19-32-27(24-12-7-4-8-13-24)20-35-28-15-9-14-25(26)29(28)32/h3,5-6,9-11,14-15,19,21-22,24,27H,4,7-8,12-13,16-18,20H2,1-2H3/t21-,22+,27-/m0/s1. The predicted octanol–water partition coefficient (Wildman–Crippen LogP) is 5.89. The molecular weight excluding hydrogens is 434 g/mol. The zero-order valence-corrected chi connectivity index (χ0v) is 21.0. The number of para-hydroxylation sites is 1. The highest BCUT2D eigenvalue weighted by atomic mass is 16.5. The van der Waals surface area contributed by atoms with Gasteiger partial charge in [0.25, 0.3) is 5.91 Å². The van der Waals surface area contributed by atoms with Gasteiger partial charge in [-0.15, -0.1) is 0 Å². The Hall–Kier alpha value is -2.79. The van der Waals surface area contributed by atoms with Crippen molar-refractivity contribution in [1.29, 1.82) is 0 Å². The summed E-state index contributed by atoms with van der Waals surface area (Å²) in [7, 11) is 0. The average Bonchev–Trinajstić information content (AvgIpc) is 3.26. The molecule has 3 aromatic rings. The Kier molecular flexibility index (Phi) is 6.05. The van der Waals surface area contributed by atoms with E-state index in [0.29, 0.717) is 18.6 Å². The summed E-state index contributed by atoms with van der Waals surface area (Å²) in [5, 5.41) is 1.04. The number of amides is 1. The molecule has 1 aromatic heterocycles. The molecular formula is C30H37N3O2. The van der Waals surface area contributed by atoms with Crippen LogP contribution in [0.25, 0.3) is 10.9 Å². The van der Waals surface area contributed by atoms with E-state index < -0.39 is 0 Å². The highest BCUT2D eigenvalue weighted by Crippen LogP contribution is 2.42. The Balaban J connectivity index is 1.28. The van der Waals surface area contributed by atoms with E-state index in [9.17, 15) is 4.79 Å². The fourth-order valence-corrected chi connectivity index (χ4v) is 6.91. The number of piperazine rings is 1. The molecule has 0 spiro atoms. The second-order valence-corrected chi connectivity index (χ2v) is 11.0. The SMILES string of the molecule is C[C@@H]1CN(Cc2ccccc2)C[C@H](C)N1C(=O)c1cn2c3c(cccc13)OC[C@H]2C1CCCCC1. The van der Waals surface area contributed by atoms with Gasteiger partial charge in [-0.3, -0.25) is 9.69 Å². The summed E-state index contributed by atoms with van der Waals surface area (Å²) in [4.78, 5) is 18.7. The lowest BCUT2D eigenvalue weighted by Gasteiger charge is -2.44. The van der Waals surface area contributed by atoms with Crippen LogP contribution in [0.3, 0.4) is 0 Å². The minimum Gasteiger partial charge on any atom is -0.489 e. The largest absolute Gasteiger partial charge is 0.489 e. The predicted molar refractivity (Wildman–Crippen MR) is 140 cm³/mol. The third-order valence-electron chi connectivity index (χ3n) is 8.48. The number of rotatable bonds is 4. The molecule has 2 fully saturated rings. The molecule has 6 rings (SSSR count). The van der Waals surface area contributed by atoms with E-state index in [1.807, 2.05) is 6.07 Å². The molecule has 3 aliphatic rings. The number of ether oxygens (including phenoxy) is 1. The van der Waals surface area contributed by atoms with Crippen molar-refractivity contribution in [1.82, 2.24) is 14.4 Å². The van der Waals surface area contributed by atoms with E-state index in [2.05, 4.69) is 76.9 Å². The topological polar surface area (TPSA) is 37.7 Å². The lowest BCUT2D eigenvalue weighted by molar-refractivity contribution is 0.0269. The van der Waals surface area contributed by atoms with Crippen molar-refractivity contribution in [3.8, 4) is 5.75 Å². The van der Waals surface area contributed by atoms with Gasteiger partial charge < -0.3 is 14.2 Å². The van der Waals surface area contributed by atoms with Crippen molar-refractivity contribution < 1.29 is 9.53 Å². The Labute approximate surface area is 208 Å². The highest BCUT2D eigenvalue weighted by molar-refractivity contribution is 6.08. The van der Waals surface area contributed by atoms with Crippen molar-refractivity contribution in [2.45, 2.75) is 70.6 Å². The highest BCUT2D eigenvalue weighted by Gasteiger charge is 2.37. The van der Waals surface area contributed by atoms with Crippen LogP contribution in [0.4, 0.5) is 0 Å². The number of hydrogen-bond donors (Lipinski definition) is 0. The fourth-order valence-electron chi connectivity index (χ4n) is 6.91. The van der Waals surface area contributed by atoms with Crippen LogP contribution in [0.5, 0.6) is 5.75 Å². The van der Waals surface area contributed by atoms with Gasteiger partial charge in [0, 0.05) is 43.3 Å². The van der Waals surface area contributed by atoms with Crippen molar-refractivity contribution in [3.63, 3.8) is 0 Å². The number of carbonyl (C=O) groups is 1. The monoisotopic (exact) mass is 471 g/mol. The van der Waals surface area contributed by atoms with Crippen LogP contribution in [0.15, 0.2) is 54.7 Å². The molecule has 1 aliphatic carbocycles. The minimum atomic E-state index is 0.159. The molecule has 0 N–H and O–H groups in total. The molecule has 5 nitrogen and oxygen atoms in total. The Bertz CT molecular complexity index is 1190. The summed E-state index contributed by atoms with van der Waals surface area (Å²) < 4.78 is 8.66. The van der Waals surface area contributed by atoms with Crippen LogP contribution in [-0.4, -0.2) is 52.1 Å². The van der Waals surface area contributed by atoms with E-state index in [1.165, 1.54) is 37.7 Å². The number of carbonyl (C=O) groups excluding carboxylic acids is 1. The molecule has 184 valence electrons. The van der Waals surface area contributed by atoms with Crippen molar-refractivity contribution in [2.24, 2.45) is 5.92 Å². The summed E-state index contributed by atoms with van der Waals surface area (Å²) in [6.45, 7) is 7.82. The lowest BCUT2D eigenvalue weighted by Crippen LogP contribution is -2.58. The summed E-state index contributed by atoms with van der Waals surface area (Å²) >= 11 is 0. The Morgan fingerprint density at radius 1 is 0.943 bits per heavy atom. The van der Waals surface area contributed by atoms with Gasteiger partial charge in [-0.25, -0.2) is 0 Å². The van der Waals surface area contributed by atoms with E-state index in [0.717, 1.165) is 41.9 Å². The molecule has 3 atom stereocenters. The first kappa shape index (κ1) is 22.7. The maximum atomic E-state index is 14.1. The van der Waals surface area contributed by atoms with E-state index in [4.69, 9.17) is 4.74 Å². The van der Waals surface area contributed by atoms with Gasteiger partial charge in [-0.2, -0.15) is 0 Å². The van der Waals surface area contributed by atoms with Gasteiger partial charge in [-0.05, 0) is 44.2 Å². The molecule has 1 amide bonds. The van der Waals surface area contributed by atoms with Crippen molar-refractivity contribution in [3.05, 3.63) is 65.9 Å². The zero-order valence-electron chi connectivity index (χ0n) is 21.0. The maximum absolute atomic E-state index is 14.1. The van der Waals surface area contributed by atoms with Gasteiger partial charge >= 0.3 is 0 Å². The van der Waals surface area contributed by atoms with Gasteiger partial charge in [0.1, 0.15) is 12.4 Å². The van der Waals surface area contributed by atoms with Crippen molar-refractivity contribution >= 4 is 16.8 Å². The van der Waals surface area contributed by atoms with Gasteiger partial charge in [0.15, 0.2) is 0 Å². The summed E-state index contributed by atoms with van der Waals surface area (Å²) in [5.41, 5.74) is 3.28. The molecule has 2 aliphatic heterocycles. The molecule has 0 unspecified atom stereocenters. The summed E-state index contributed by atoms with van der Waals surface area (Å²) in [5.74, 6) is 1.71. The summed E-state index contributed by atoms with van der Waals surface area (Å²) in [6, 6.07) is 17.5. The van der Waals surface area contributed by atoms with E-state index >= 15 is 0 Å². The normalized spacial score (nSPS) is 25.5. The molecule has 1 saturated carbocycles. The van der Waals surface area contributed by atoms with Crippen LogP contribution < -0.4 is 4.74 Å². The smallest absolute Gasteiger partial charge is 0.256 e. The first-order valence-electron chi connectivity index (χ1n) is 13.5. The van der Waals surface area contributed by atoms with Crippen LogP contribution in [-0.2, 0) is 6.54 Å². The lowest BCUT2D eigenvalue weighted by atomic mass is 9.83. The molecule has 1 saturated heterocycles. The Morgan fingerprint density at radius 3 is 2.43 bits per heavy atom. The quantitative estimate of drug-likeness (QED) is 0.476. The van der Waals surface area contributed by atoms with Crippen LogP contribution in [0, 0.1) is 5.92 Å². The average molecular weight is 472 g/mol. The number of nitrogens with zero attached hydrogens (tertiary/aromatic N) is 3. The van der Waals surface area contributed by atoms with Crippen LogP contribution in [0.1, 0.15) is 67.9 Å². The van der Waals surface area contributed by atoms with Gasteiger partial charge in [0.2, 0.25) is 0 Å². The van der Waals surface area contributed by atoms with Crippen molar-refractivity contribution in [2.75, 3.05) is 19.7 Å². The van der Waals surface area contributed by atoms with E-state index in [1.54, 1.807) is 0 Å². The number of hydrogen-bond acceptors (Lipinski definition) is 3. The van der Waals surface area contributed by atoms with Crippen LogP contribution >= 0.6 is 0 Å². The number of aromatic nitrogens is 1. The second-order valence-electron chi connectivity index (χ2n) is 11.0. The third kappa shape index (κ3) is 4.14. The zero-order chi connectivity index (χ0) is 23.9. The van der Waals surface area contributed by atoms with Crippen LogP contribution in [0.2, 0.25) is 0 Å². The summed E-state index contributed by atoms with van der Waals surface area (Å²) in [6.07, 6.45) is 8.64. The molecule has 5 heteroatoms. The fraction of sp³-hybridized carbons (Fsp3) is 0.500. The van der Waals surface area contributed by atoms with Gasteiger partial charge in [0.05, 0.1) is 17.1 Å². The minimum absolute atomic E-state index is 0.159. The first-order chi connectivity index (χ1) is 17.1. The van der Waals surface area contributed by atoms with Gasteiger partial charge in [-0.1, -0.05) is 61.7 Å². The third-order valence-corrected chi connectivity index (χ3v) is 8.48. The molecule has 35 heavy (non-hydrogen) atoms. The molecule has 2 aromatic carbocycles. The maximum Gasteiger partial charge on any atom is 0.256 e. The molecule has 0 radical (unpaired) electrons. The second kappa shape index (κ2) is 9.34. The molecule has 0 bridgehead atoms. The first-order valence-corrected chi connectivity index (χ1v) is 13.5. The Morgan fingerprint density at radius 2 is 1.69 bits per heavy atom. The number of benzene rings is 2.